The number of nitrogens with one attached hydrogen (secondary N) is 1. The molecular formula is C25H26FN3O3. The molecule has 1 saturated heterocycles. The number of hydrogen-bond acceptors (Lipinski definition) is 4. The maximum Gasteiger partial charge on any atom is 0.245 e. The topological polar surface area (TPSA) is 75.4 Å². The van der Waals surface area contributed by atoms with E-state index in [-0.39, 0.29) is 24.1 Å². The maximum atomic E-state index is 13.1. The third-order valence-electron chi connectivity index (χ3n) is 5.58. The van der Waals surface area contributed by atoms with E-state index < -0.39 is 6.04 Å². The van der Waals surface area contributed by atoms with E-state index >= 15 is 0 Å². The first-order valence-corrected chi connectivity index (χ1v) is 10.9. The first-order valence-electron chi connectivity index (χ1n) is 10.9. The molecule has 4 rings (SSSR count). The van der Waals surface area contributed by atoms with Gasteiger partial charge in [0, 0.05) is 37.9 Å². The number of rotatable bonds is 8. The Kier molecular flexibility index (Phi) is 6.94. The highest BCUT2D eigenvalue weighted by Crippen LogP contribution is 2.21. The molecule has 0 spiro atoms. The Morgan fingerprint density at radius 1 is 1.06 bits per heavy atom. The second kappa shape index (κ2) is 10.2. The van der Waals surface area contributed by atoms with Gasteiger partial charge in [0.15, 0.2) is 11.7 Å². The van der Waals surface area contributed by atoms with Crippen LogP contribution in [0.3, 0.4) is 0 Å². The number of aromatic nitrogens is 1. The fourth-order valence-electron chi connectivity index (χ4n) is 3.87. The molecule has 3 aromatic rings. The van der Waals surface area contributed by atoms with E-state index in [1.165, 1.54) is 12.1 Å². The van der Waals surface area contributed by atoms with Crippen molar-refractivity contribution in [3.05, 3.63) is 78.1 Å². The van der Waals surface area contributed by atoms with Crippen molar-refractivity contribution in [3.63, 3.8) is 0 Å². The van der Waals surface area contributed by atoms with Crippen molar-refractivity contribution in [2.24, 2.45) is 0 Å². The van der Waals surface area contributed by atoms with Gasteiger partial charge >= 0.3 is 0 Å². The van der Waals surface area contributed by atoms with Gasteiger partial charge in [0.25, 0.3) is 0 Å². The van der Waals surface area contributed by atoms with Crippen LogP contribution in [0.5, 0.6) is 0 Å². The molecule has 2 amide bonds. The Balaban J connectivity index is 1.36. The molecule has 6 nitrogen and oxygen atoms in total. The summed E-state index contributed by atoms with van der Waals surface area (Å²) in [5.74, 6) is 0.365. The minimum absolute atomic E-state index is 0.0329. The number of hydrogen-bond donors (Lipinski definition) is 1. The highest BCUT2D eigenvalue weighted by Gasteiger charge is 2.28. The molecular weight excluding hydrogens is 409 g/mol. The van der Waals surface area contributed by atoms with Crippen molar-refractivity contribution in [1.82, 2.24) is 15.2 Å². The Morgan fingerprint density at radius 3 is 2.50 bits per heavy atom. The van der Waals surface area contributed by atoms with Gasteiger partial charge in [0.2, 0.25) is 11.8 Å². The van der Waals surface area contributed by atoms with Gasteiger partial charge in [-0.05, 0) is 42.7 Å². The van der Waals surface area contributed by atoms with Gasteiger partial charge in [-0.1, -0.05) is 30.3 Å². The smallest absolute Gasteiger partial charge is 0.245 e. The molecule has 2 heterocycles. The van der Waals surface area contributed by atoms with E-state index in [1.54, 1.807) is 18.3 Å². The van der Waals surface area contributed by atoms with Crippen LogP contribution in [0.25, 0.3) is 11.3 Å². The van der Waals surface area contributed by atoms with Crippen LogP contribution in [-0.4, -0.2) is 40.8 Å². The fraction of sp³-hybridized carbons (Fsp3) is 0.320. The Bertz CT molecular complexity index is 1040. The summed E-state index contributed by atoms with van der Waals surface area (Å²) in [6.45, 7) is 1.48. The summed E-state index contributed by atoms with van der Waals surface area (Å²) in [6, 6.07) is 15.0. The molecule has 0 saturated carbocycles. The summed E-state index contributed by atoms with van der Waals surface area (Å²) < 4.78 is 18.8. The summed E-state index contributed by atoms with van der Waals surface area (Å²) in [6.07, 6.45) is 4.48. The summed E-state index contributed by atoms with van der Waals surface area (Å²) in [5.41, 5.74) is 1.72. The van der Waals surface area contributed by atoms with Gasteiger partial charge < -0.3 is 14.6 Å². The molecule has 1 aliphatic heterocycles. The third-order valence-corrected chi connectivity index (χ3v) is 5.58. The van der Waals surface area contributed by atoms with E-state index in [9.17, 15) is 14.0 Å². The lowest BCUT2D eigenvalue weighted by atomic mass is 10.0. The SMILES string of the molecule is O=C(CCc1ncc(-c2ccc(F)cc2)o1)NC(Cc1ccccc1)C(=O)N1CCCC1. The molecule has 7 heteroatoms. The van der Waals surface area contributed by atoms with Gasteiger partial charge in [-0.15, -0.1) is 0 Å². The monoisotopic (exact) mass is 435 g/mol. The number of likely N-dealkylation sites (tertiary alicyclic amines) is 1. The molecule has 0 aliphatic carbocycles. The second-order valence-electron chi connectivity index (χ2n) is 7.97. The summed E-state index contributed by atoms with van der Waals surface area (Å²) in [4.78, 5) is 31.7. The first kappa shape index (κ1) is 21.7. The molecule has 1 fully saturated rings. The van der Waals surface area contributed by atoms with E-state index in [1.807, 2.05) is 35.2 Å². The number of halogens is 1. The quantitative estimate of drug-likeness (QED) is 0.585. The van der Waals surface area contributed by atoms with Gasteiger partial charge in [0.1, 0.15) is 11.9 Å². The van der Waals surface area contributed by atoms with Crippen LogP contribution in [0.2, 0.25) is 0 Å². The Labute approximate surface area is 186 Å². The van der Waals surface area contributed by atoms with Gasteiger partial charge in [-0.2, -0.15) is 0 Å². The van der Waals surface area contributed by atoms with E-state index in [0.717, 1.165) is 31.5 Å². The highest BCUT2D eigenvalue weighted by atomic mass is 19.1. The van der Waals surface area contributed by atoms with Gasteiger partial charge in [-0.25, -0.2) is 9.37 Å². The van der Waals surface area contributed by atoms with Crippen LogP contribution in [0.4, 0.5) is 4.39 Å². The van der Waals surface area contributed by atoms with Crippen LogP contribution in [-0.2, 0) is 22.4 Å². The second-order valence-corrected chi connectivity index (χ2v) is 7.97. The lowest BCUT2D eigenvalue weighted by molar-refractivity contribution is -0.135. The van der Waals surface area contributed by atoms with Crippen molar-refractivity contribution in [3.8, 4) is 11.3 Å². The number of carbonyl (C=O) groups is 2. The molecule has 1 aliphatic rings. The van der Waals surface area contributed by atoms with E-state index in [0.29, 0.717) is 30.1 Å². The fourth-order valence-corrected chi connectivity index (χ4v) is 3.87. The lowest BCUT2D eigenvalue weighted by Crippen LogP contribution is -2.49. The van der Waals surface area contributed by atoms with E-state index in [2.05, 4.69) is 10.3 Å². The number of aryl methyl sites for hydroxylation is 1. The maximum absolute atomic E-state index is 13.1. The molecule has 1 aromatic heterocycles. The average molecular weight is 435 g/mol. The predicted molar refractivity (Wildman–Crippen MR) is 118 cm³/mol. The minimum atomic E-state index is -0.595. The highest BCUT2D eigenvalue weighted by molar-refractivity contribution is 5.88. The standard InChI is InChI=1S/C25H26FN3O3/c26-20-10-8-19(9-11-20)22-17-27-24(32-22)13-12-23(30)28-21(16-18-6-2-1-3-7-18)25(31)29-14-4-5-15-29/h1-3,6-11,17,21H,4-5,12-16H2,(H,28,30). The zero-order valence-corrected chi connectivity index (χ0v) is 17.8. The number of nitrogens with zero attached hydrogens (tertiary/aromatic N) is 2. The molecule has 32 heavy (non-hydrogen) atoms. The molecule has 1 atom stereocenters. The normalized spacial score (nSPS) is 14.3. The van der Waals surface area contributed by atoms with Crippen molar-refractivity contribution in [2.75, 3.05) is 13.1 Å². The molecule has 1 unspecified atom stereocenters. The van der Waals surface area contributed by atoms with Crippen LogP contribution in [0.1, 0.15) is 30.7 Å². The van der Waals surface area contributed by atoms with Crippen LogP contribution in [0, 0.1) is 5.82 Å². The van der Waals surface area contributed by atoms with Crippen molar-refractivity contribution >= 4 is 11.8 Å². The molecule has 0 radical (unpaired) electrons. The number of amides is 2. The Morgan fingerprint density at radius 2 is 1.78 bits per heavy atom. The summed E-state index contributed by atoms with van der Waals surface area (Å²) >= 11 is 0. The van der Waals surface area contributed by atoms with Gasteiger partial charge in [-0.3, -0.25) is 9.59 Å². The molecule has 0 bridgehead atoms. The average Bonchev–Trinajstić information content (AvgIpc) is 3.51. The zero-order chi connectivity index (χ0) is 22.3. The predicted octanol–water partition coefficient (Wildman–Crippen LogP) is 3.76. The summed E-state index contributed by atoms with van der Waals surface area (Å²) in [7, 11) is 0. The minimum Gasteiger partial charge on any atom is -0.441 e. The van der Waals surface area contributed by atoms with Crippen molar-refractivity contribution in [2.45, 2.75) is 38.1 Å². The number of benzene rings is 2. The molecule has 166 valence electrons. The van der Waals surface area contributed by atoms with Crippen LogP contribution >= 0.6 is 0 Å². The number of oxazole rings is 1. The number of carbonyl (C=O) groups excluding carboxylic acids is 2. The van der Waals surface area contributed by atoms with Crippen molar-refractivity contribution < 1.29 is 18.4 Å². The molecule has 1 N–H and O–H groups in total. The Hall–Kier alpha value is -3.48. The zero-order valence-electron chi connectivity index (χ0n) is 17.8. The van der Waals surface area contributed by atoms with E-state index in [4.69, 9.17) is 4.42 Å². The first-order chi connectivity index (χ1) is 15.6. The van der Waals surface area contributed by atoms with Crippen molar-refractivity contribution in [1.29, 1.82) is 0 Å². The largest absolute Gasteiger partial charge is 0.441 e. The summed E-state index contributed by atoms with van der Waals surface area (Å²) in [5, 5.41) is 2.92. The third kappa shape index (κ3) is 5.60. The van der Waals surface area contributed by atoms with Crippen LogP contribution in [0.15, 0.2) is 65.2 Å². The van der Waals surface area contributed by atoms with Gasteiger partial charge in [0.05, 0.1) is 6.20 Å². The molecule has 2 aromatic carbocycles. The van der Waals surface area contributed by atoms with Crippen LogP contribution < -0.4 is 5.32 Å². The lowest BCUT2D eigenvalue weighted by Gasteiger charge is -2.24.